The van der Waals surface area contributed by atoms with Gasteiger partial charge in [-0.2, -0.15) is 0 Å². The third kappa shape index (κ3) is 3.51. The number of amides is 1. The van der Waals surface area contributed by atoms with E-state index in [1.165, 1.54) is 0 Å². The van der Waals surface area contributed by atoms with Crippen molar-refractivity contribution in [1.82, 2.24) is 4.98 Å². The number of carbonyl (C=O) groups is 1. The fourth-order valence-corrected chi connectivity index (χ4v) is 2.61. The van der Waals surface area contributed by atoms with Gasteiger partial charge in [0.15, 0.2) is 5.69 Å². The number of aromatic amines is 1. The van der Waals surface area contributed by atoms with Crippen LogP contribution in [0.3, 0.4) is 0 Å². The average molecular weight is 352 g/mol. The van der Waals surface area contributed by atoms with Crippen LogP contribution in [0.1, 0.15) is 11.1 Å². The zero-order valence-electron chi connectivity index (χ0n) is 14.8. The van der Waals surface area contributed by atoms with E-state index in [-0.39, 0.29) is 18.1 Å². The highest BCUT2D eigenvalue weighted by Gasteiger charge is 2.13. The van der Waals surface area contributed by atoms with Crippen molar-refractivity contribution in [2.75, 3.05) is 19.0 Å². The van der Waals surface area contributed by atoms with Gasteiger partial charge in [-0.1, -0.05) is 12.1 Å². The molecule has 3 aromatic rings. The van der Waals surface area contributed by atoms with Crippen LogP contribution in [0.2, 0.25) is 0 Å². The number of methoxy groups -OCH3 is 1. The van der Waals surface area contributed by atoms with Crippen molar-refractivity contribution in [3.8, 4) is 11.6 Å². The molecule has 0 atom stereocenters. The number of H-pyrrole nitrogens is 1. The summed E-state index contributed by atoms with van der Waals surface area (Å²) < 4.78 is 5.08. The number of nitrogens with zero attached hydrogens (tertiary/aromatic N) is 2. The minimum Gasteiger partial charge on any atom is -0.497 e. The number of hydrogen-bond acceptors (Lipinski definition) is 5. The molecule has 0 unspecified atom stereocenters. The van der Waals surface area contributed by atoms with E-state index in [1.54, 1.807) is 31.4 Å². The third-order valence-corrected chi connectivity index (χ3v) is 4.25. The standard InChI is InChI=1S/C19H20N4O3/c1-11-4-9-15-17(12(11)2)21-19(25)18(15)23-22-16(24)10-20-13-5-7-14(26-3)8-6-13/h4-9,20-21,25H,10H2,1-3H3. The fraction of sp³-hybridized carbons (Fsp3) is 0.211. The number of carbonyl (C=O) groups excluding carboxylic acids is 1. The summed E-state index contributed by atoms with van der Waals surface area (Å²) in [5.41, 5.74) is 3.95. The van der Waals surface area contributed by atoms with Gasteiger partial charge in [-0.15, -0.1) is 10.2 Å². The quantitative estimate of drug-likeness (QED) is 0.599. The van der Waals surface area contributed by atoms with Gasteiger partial charge < -0.3 is 20.1 Å². The lowest BCUT2D eigenvalue weighted by Crippen LogP contribution is -2.10. The molecular weight excluding hydrogens is 332 g/mol. The van der Waals surface area contributed by atoms with Gasteiger partial charge in [-0.25, -0.2) is 0 Å². The van der Waals surface area contributed by atoms with Crippen molar-refractivity contribution in [3.63, 3.8) is 0 Å². The molecule has 0 fully saturated rings. The first-order valence-corrected chi connectivity index (χ1v) is 8.13. The number of aromatic nitrogens is 1. The average Bonchev–Trinajstić information content (AvgIpc) is 2.98. The lowest BCUT2D eigenvalue weighted by molar-refractivity contribution is -0.116. The number of aryl methyl sites for hydroxylation is 2. The number of anilines is 1. The molecule has 0 bridgehead atoms. The Morgan fingerprint density at radius 2 is 1.92 bits per heavy atom. The maximum absolute atomic E-state index is 12.0. The number of nitrogens with one attached hydrogen (secondary N) is 2. The van der Waals surface area contributed by atoms with Crippen molar-refractivity contribution in [3.05, 3.63) is 47.5 Å². The first-order valence-electron chi connectivity index (χ1n) is 8.13. The van der Waals surface area contributed by atoms with Gasteiger partial charge >= 0.3 is 0 Å². The van der Waals surface area contributed by atoms with Crippen LogP contribution in [-0.2, 0) is 4.79 Å². The normalized spacial score (nSPS) is 11.2. The Morgan fingerprint density at radius 1 is 1.19 bits per heavy atom. The summed E-state index contributed by atoms with van der Waals surface area (Å²) in [7, 11) is 1.59. The minimum atomic E-state index is -0.446. The molecule has 134 valence electrons. The summed E-state index contributed by atoms with van der Waals surface area (Å²) in [5, 5.41) is 21.4. The second kappa shape index (κ2) is 7.26. The number of ether oxygens (including phenoxy) is 1. The molecule has 7 heteroatoms. The SMILES string of the molecule is COc1ccc(NCC(=O)N=Nc2c(O)[nH]c3c(C)c(C)ccc23)cc1. The summed E-state index contributed by atoms with van der Waals surface area (Å²) >= 11 is 0. The molecule has 1 amide bonds. The molecule has 0 saturated carbocycles. The second-order valence-electron chi connectivity index (χ2n) is 5.93. The van der Waals surface area contributed by atoms with Crippen LogP contribution in [-0.4, -0.2) is 29.7 Å². The van der Waals surface area contributed by atoms with Gasteiger partial charge in [-0.05, 0) is 49.2 Å². The lowest BCUT2D eigenvalue weighted by Gasteiger charge is -2.04. The Balaban J connectivity index is 1.71. The van der Waals surface area contributed by atoms with E-state index in [4.69, 9.17) is 4.74 Å². The third-order valence-electron chi connectivity index (χ3n) is 4.25. The van der Waals surface area contributed by atoms with Crippen LogP contribution in [0.4, 0.5) is 11.4 Å². The molecule has 0 aliphatic rings. The summed E-state index contributed by atoms with van der Waals surface area (Å²) in [6.07, 6.45) is 0. The molecule has 26 heavy (non-hydrogen) atoms. The van der Waals surface area contributed by atoms with Gasteiger partial charge in [-0.3, -0.25) is 4.79 Å². The molecule has 0 spiro atoms. The van der Waals surface area contributed by atoms with Gasteiger partial charge in [0, 0.05) is 11.1 Å². The Morgan fingerprint density at radius 3 is 2.62 bits per heavy atom. The predicted octanol–water partition coefficient (Wildman–Crippen LogP) is 4.22. The van der Waals surface area contributed by atoms with Crippen molar-refractivity contribution in [2.24, 2.45) is 10.2 Å². The summed E-state index contributed by atoms with van der Waals surface area (Å²) in [6, 6.07) is 11.0. The summed E-state index contributed by atoms with van der Waals surface area (Å²) in [6.45, 7) is 3.94. The van der Waals surface area contributed by atoms with Crippen LogP contribution < -0.4 is 10.1 Å². The number of benzene rings is 2. The lowest BCUT2D eigenvalue weighted by atomic mass is 10.1. The molecule has 3 N–H and O–H groups in total. The number of rotatable bonds is 5. The maximum Gasteiger partial charge on any atom is 0.283 e. The van der Waals surface area contributed by atoms with Gasteiger partial charge in [0.25, 0.3) is 5.91 Å². The topological polar surface area (TPSA) is 99.1 Å². The number of hydrogen-bond donors (Lipinski definition) is 3. The molecule has 0 aliphatic heterocycles. The highest BCUT2D eigenvalue weighted by atomic mass is 16.5. The van der Waals surface area contributed by atoms with Crippen LogP contribution in [0, 0.1) is 13.8 Å². The van der Waals surface area contributed by atoms with Crippen molar-refractivity contribution in [1.29, 1.82) is 0 Å². The number of aromatic hydroxyl groups is 1. The van der Waals surface area contributed by atoms with Crippen molar-refractivity contribution >= 4 is 28.2 Å². The molecule has 3 rings (SSSR count). The number of fused-ring (bicyclic) bond motifs is 1. The van der Waals surface area contributed by atoms with Crippen LogP contribution in [0.25, 0.3) is 10.9 Å². The second-order valence-corrected chi connectivity index (χ2v) is 5.93. The van der Waals surface area contributed by atoms with Crippen molar-refractivity contribution in [2.45, 2.75) is 13.8 Å². The highest BCUT2D eigenvalue weighted by molar-refractivity contribution is 5.96. The van der Waals surface area contributed by atoms with E-state index in [0.717, 1.165) is 33.5 Å². The first-order chi connectivity index (χ1) is 12.5. The van der Waals surface area contributed by atoms with E-state index in [2.05, 4.69) is 20.5 Å². The molecule has 2 aromatic carbocycles. The Labute approximate surface area is 150 Å². The Bertz CT molecular complexity index is 975. The minimum absolute atomic E-state index is 0.00289. The summed E-state index contributed by atoms with van der Waals surface area (Å²) in [5.74, 6) is 0.189. The van der Waals surface area contributed by atoms with E-state index < -0.39 is 5.91 Å². The molecule has 1 aromatic heterocycles. The van der Waals surface area contributed by atoms with E-state index in [9.17, 15) is 9.90 Å². The van der Waals surface area contributed by atoms with Crippen molar-refractivity contribution < 1.29 is 14.6 Å². The van der Waals surface area contributed by atoms with Crippen LogP contribution in [0.15, 0.2) is 46.6 Å². The zero-order valence-corrected chi connectivity index (χ0v) is 14.8. The van der Waals surface area contributed by atoms with E-state index >= 15 is 0 Å². The largest absolute Gasteiger partial charge is 0.497 e. The smallest absolute Gasteiger partial charge is 0.283 e. The molecule has 0 radical (unpaired) electrons. The molecule has 7 nitrogen and oxygen atoms in total. The predicted molar refractivity (Wildman–Crippen MR) is 100 cm³/mol. The molecule has 1 heterocycles. The highest BCUT2D eigenvalue weighted by Crippen LogP contribution is 2.37. The van der Waals surface area contributed by atoms with E-state index in [0.29, 0.717) is 0 Å². The van der Waals surface area contributed by atoms with Gasteiger partial charge in [0.2, 0.25) is 5.88 Å². The molecular formula is C19H20N4O3. The molecule has 0 aliphatic carbocycles. The number of azo groups is 1. The first kappa shape index (κ1) is 17.5. The summed E-state index contributed by atoms with van der Waals surface area (Å²) in [4.78, 5) is 14.9. The monoisotopic (exact) mass is 352 g/mol. The van der Waals surface area contributed by atoms with Crippen LogP contribution >= 0.6 is 0 Å². The van der Waals surface area contributed by atoms with E-state index in [1.807, 2.05) is 26.0 Å². The van der Waals surface area contributed by atoms with Crippen LogP contribution in [0.5, 0.6) is 11.6 Å². The fourth-order valence-electron chi connectivity index (χ4n) is 2.61. The Kier molecular flexibility index (Phi) is 4.88. The maximum atomic E-state index is 12.0. The van der Waals surface area contributed by atoms with Gasteiger partial charge in [0.1, 0.15) is 5.75 Å². The Hall–Kier alpha value is -3.35. The molecule has 0 saturated heterocycles. The van der Waals surface area contributed by atoms with Gasteiger partial charge in [0.05, 0.1) is 19.2 Å². The zero-order chi connectivity index (χ0) is 18.7.